The van der Waals surface area contributed by atoms with E-state index in [1.165, 1.54) is 5.56 Å². The average Bonchev–Trinajstić information content (AvgIpc) is 2.66. The molecular weight excluding hydrogens is 328 g/mol. The molecule has 2 amide bonds. The van der Waals surface area contributed by atoms with Gasteiger partial charge in [0.1, 0.15) is 0 Å². The van der Waals surface area contributed by atoms with Gasteiger partial charge in [-0.1, -0.05) is 30.3 Å². The first-order chi connectivity index (χ1) is 12.4. The lowest BCUT2D eigenvalue weighted by Crippen LogP contribution is -2.49. The van der Waals surface area contributed by atoms with Gasteiger partial charge in [-0.15, -0.1) is 0 Å². The van der Waals surface area contributed by atoms with Crippen molar-refractivity contribution < 1.29 is 14.3 Å². The molecule has 5 nitrogen and oxygen atoms in total. The summed E-state index contributed by atoms with van der Waals surface area (Å²) in [6.45, 7) is 5.28. The third-order valence-corrected chi connectivity index (χ3v) is 4.92. The summed E-state index contributed by atoms with van der Waals surface area (Å²) in [5.74, 6) is 1.42. The Balaban J connectivity index is 1.75. The van der Waals surface area contributed by atoms with Gasteiger partial charge in [0.05, 0.1) is 19.8 Å². The van der Waals surface area contributed by atoms with E-state index in [0.29, 0.717) is 18.8 Å². The monoisotopic (exact) mass is 354 g/mol. The zero-order valence-corrected chi connectivity index (χ0v) is 15.8. The van der Waals surface area contributed by atoms with Gasteiger partial charge in [-0.05, 0) is 49.1 Å². The van der Waals surface area contributed by atoms with Crippen LogP contribution in [-0.2, 0) is 18.5 Å². The van der Waals surface area contributed by atoms with Gasteiger partial charge in [-0.3, -0.25) is 0 Å². The fourth-order valence-electron chi connectivity index (χ4n) is 3.33. The topological polar surface area (TPSA) is 50.8 Å². The highest BCUT2D eigenvalue weighted by Crippen LogP contribution is 2.33. The minimum atomic E-state index is -0.434. The molecule has 2 aromatic carbocycles. The van der Waals surface area contributed by atoms with Crippen molar-refractivity contribution in [2.75, 3.05) is 20.8 Å². The van der Waals surface area contributed by atoms with E-state index in [-0.39, 0.29) is 6.03 Å². The normalized spacial score (nSPS) is 13.8. The van der Waals surface area contributed by atoms with Crippen LogP contribution in [-0.4, -0.2) is 31.7 Å². The number of amides is 2. The van der Waals surface area contributed by atoms with Crippen LogP contribution in [0, 0.1) is 0 Å². The summed E-state index contributed by atoms with van der Waals surface area (Å²) >= 11 is 0. The van der Waals surface area contributed by atoms with Crippen LogP contribution in [0.1, 0.15) is 30.5 Å². The molecule has 5 heteroatoms. The molecule has 0 spiro atoms. The number of ether oxygens (including phenoxy) is 2. The SMILES string of the molecule is COc1cc2c(cc1OC)CN(C(=O)NC(C)(C)c1ccccc1)CC2. The number of methoxy groups -OCH3 is 2. The first-order valence-electron chi connectivity index (χ1n) is 8.81. The maximum atomic E-state index is 12.8. The summed E-state index contributed by atoms with van der Waals surface area (Å²) < 4.78 is 10.8. The number of rotatable bonds is 4. The lowest BCUT2D eigenvalue weighted by molar-refractivity contribution is 0.181. The van der Waals surface area contributed by atoms with Gasteiger partial charge < -0.3 is 19.7 Å². The third-order valence-electron chi connectivity index (χ3n) is 4.92. The molecule has 0 aliphatic carbocycles. The summed E-state index contributed by atoms with van der Waals surface area (Å²) in [5, 5.41) is 3.16. The lowest BCUT2D eigenvalue weighted by Gasteiger charge is -2.34. The first-order valence-corrected chi connectivity index (χ1v) is 8.81. The molecule has 0 atom stereocenters. The molecule has 1 aliphatic rings. The molecule has 3 rings (SSSR count). The molecule has 138 valence electrons. The number of carbonyl (C=O) groups excluding carboxylic acids is 1. The fourth-order valence-corrected chi connectivity index (χ4v) is 3.33. The Hall–Kier alpha value is -2.69. The van der Waals surface area contributed by atoms with Crippen molar-refractivity contribution in [2.24, 2.45) is 0 Å². The minimum Gasteiger partial charge on any atom is -0.493 e. The Kier molecular flexibility index (Phi) is 5.07. The zero-order valence-electron chi connectivity index (χ0n) is 15.8. The van der Waals surface area contributed by atoms with Gasteiger partial charge in [0.2, 0.25) is 0 Å². The number of fused-ring (bicyclic) bond motifs is 1. The highest BCUT2D eigenvalue weighted by Gasteiger charge is 2.28. The molecule has 2 aromatic rings. The van der Waals surface area contributed by atoms with Gasteiger partial charge in [0.25, 0.3) is 0 Å². The first kappa shape index (κ1) is 18.1. The number of nitrogens with one attached hydrogen (secondary N) is 1. The van der Waals surface area contributed by atoms with Gasteiger partial charge in [0, 0.05) is 13.1 Å². The molecule has 0 saturated carbocycles. The average molecular weight is 354 g/mol. The molecular formula is C21H26N2O3. The van der Waals surface area contributed by atoms with Crippen LogP contribution in [0.4, 0.5) is 4.79 Å². The second-order valence-electron chi connectivity index (χ2n) is 7.07. The summed E-state index contributed by atoms with van der Waals surface area (Å²) in [7, 11) is 3.26. The second-order valence-corrected chi connectivity index (χ2v) is 7.07. The van der Waals surface area contributed by atoms with E-state index in [4.69, 9.17) is 9.47 Å². The molecule has 1 heterocycles. The number of urea groups is 1. The summed E-state index contributed by atoms with van der Waals surface area (Å²) in [6, 6.07) is 13.9. The zero-order chi connectivity index (χ0) is 18.7. The highest BCUT2D eigenvalue weighted by molar-refractivity contribution is 5.75. The van der Waals surface area contributed by atoms with Crippen LogP contribution in [0.3, 0.4) is 0 Å². The van der Waals surface area contributed by atoms with Crippen molar-refractivity contribution in [1.82, 2.24) is 10.2 Å². The minimum absolute atomic E-state index is 0.0562. The van der Waals surface area contributed by atoms with Gasteiger partial charge >= 0.3 is 6.03 Å². The van der Waals surface area contributed by atoms with Crippen molar-refractivity contribution in [2.45, 2.75) is 32.4 Å². The van der Waals surface area contributed by atoms with Crippen LogP contribution in [0.2, 0.25) is 0 Å². The van der Waals surface area contributed by atoms with Gasteiger partial charge in [-0.2, -0.15) is 0 Å². The Bertz CT molecular complexity index is 787. The van der Waals surface area contributed by atoms with E-state index < -0.39 is 5.54 Å². The Morgan fingerprint density at radius 2 is 1.65 bits per heavy atom. The molecule has 1 N–H and O–H groups in total. The van der Waals surface area contributed by atoms with E-state index in [1.54, 1.807) is 14.2 Å². The number of benzene rings is 2. The largest absolute Gasteiger partial charge is 0.493 e. The van der Waals surface area contributed by atoms with Crippen molar-refractivity contribution in [3.05, 3.63) is 59.2 Å². The maximum Gasteiger partial charge on any atom is 0.318 e. The van der Waals surface area contributed by atoms with E-state index >= 15 is 0 Å². The van der Waals surface area contributed by atoms with Crippen LogP contribution in [0.25, 0.3) is 0 Å². The van der Waals surface area contributed by atoms with Crippen LogP contribution >= 0.6 is 0 Å². The predicted molar refractivity (Wildman–Crippen MR) is 102 cm³/mol. The lowest BCUT2D eigenvalue weighted by atomic mass is 9.94. The molecule has 0 aromatic heterocycles. The maximum absolute atomic E-state index is 12.8. The molecule has 0 fully saturated rings. The quantitative estimate of drug-likeness (QED) is 0.911. The van der Waals surface area contributed by atoms with Crippen molar-refractivity contribution >= 4 is 6.03 Å². The number of nitrogens with zero attached hydrogens (tertiary/aromatic N) is 1. The molecule has 1 aliphatic heterocycles. The molecule has 26 heavy (non-hydrogen) atoms. The summed E-state index contributed by atoms with van der Waals surface area (Å²) in [4.78, 5) is 14.7. The summed E-state index contributed by atoms with van der Waals surface area (Å²) in [6.07, 6.45) is 0.800. The predicted octanol–water partition coefficient (Wildman–Crippen LogP) is 3.71. The Labute approximate surface area is 154 Å². The van der Waals surface area contributed by atoms with Gasteiger partial charge in [-0.25, -0.2) is 4.79 Å². The van der Waals surface area contributed by atoms with Crippen LogP contribution in [0.5, 0.6) is 11.5 Å². The van der Waals surface area contributed by atoms with E-state index in [1.807, 2.05) is 61.2 Å². The molecule has 0 radical (unpaired) electrons. The number of hydrogen-bond acceptors (Lipinski definition) is 3. The smallest absolute Gasteiger partial charge is 0.318 e. The van der Waals surface area contributed by atoms with E-state index in [2.05, 4.69) is 5.32 Å². The van der Waals surface area contributed by atoms with Crippen molar-refractivity contribution in [1.29, 1.82) is 0 Å². The van der Waals surface area contributed by atoms with Crippen molar-refractivity contribution in [3.63, 3.8) is 0 Å². The fraction of sp³-hybridized carbons (Fsp3) is 0.381. The second kappa shape index (κ2) is 7.28. The summed E-state index contributed by atoms with van der Waals surface area (Å²) in [5.41, 5.74) is 2.95. The standard InChI is InChI=1S/C21H26N2O3/c1-21(2,17-8-6-5-7-9-17)22-20(24)23-11-10-15-12-18(25-3)19(26-4)13-16(15)14-23/h5-9,12-13H,10-11,14H2,1-4H3,(H,22,24). The van der Waals surface area contributed by atoms with E-state index in [0.717, 1.165) is 23.3 Å². The van der Waals surface area contributed by atoms with Crippen molar-refractivity contribution in [3.8, 4) is 11.5 Å². The van der Waals surface area contributed by atoms with E-state index in [9.17, 15) is 4.79 Å². The van der Waals surface area contributed by atoms with Gasteiger partial charge in [0.15, 0.2) is 11.5 Å². The number of hydrogen-bond donors (Lipinski definition) is 1. The molecule has 0 bridgehead atoms. The van der Waals surface area contributed by atoms with Crippen LogP contribution < -0.4 is 14.8 Å². The Morgan fingerprint density at radius 3 is 2.27 bits per heavy atom. The molecule has 0 unspecified atom stereocenters. The Morgan fingerprint density at radius 1 is 1.04 bits per heavy atom. The molecule has 0 saturated heterocycles. The highest BCUT2D eigenvalue weighted by atomic mass is 16.5. The third kappa shape index (κ3) is 3.62. The number of carbonyl (C=O) groups is 1. The van der Waals surface area contributed by atoms with Crippen LogP contribution in [0.15, 0.2) is 42.5 Å².